The van der Waals surface area contributed by atoms with E-state index in [9.17, 15) is 13.2 Å². The summed E-state index contributed by atoms with van der Waals surface area (Å²) in [5.41, 5.74) is 0.865. The number of carbonyl (C=O) groups excluding carboxylic acids is 1. The van der Waals surface area contributed by atoms with Gasteiger partial charge in [0, 0.05) is 20.1 Å². The standard InChI is InChI=1S/C18H21BrN2O4S/c1-20(13-15-7-8-16(19)25-15)18(22)17(14-5-3-2-4-6-14)21-9-11-26(23,24)12-10-21/h2-8,17H,9-13H2,1H3. The number of rotatable bonds is 5. The first-order valence-corrected chi connectivity index (χ1v) is 11.0. The van der Waals surface area contributed by atoms with Crippen molar-refractivity contribution >= 4 is 31.7 Å². The van der Waals surface area contributed by atoms with Gasteiger partial charge in [0.05, 0.1) is 18.1 Å². The van der Waals surface area contributed by atoms with Crippen LogP contribution in [0.25, 0.3) is 0 Å². The van der Waals surface area contributed by atoms with Gasteiger partial charge in [-0.25, -0.2) is 8.42 Å². The Hall–Kier alpha value is -1.64. The molecule has 1 aliphatic heterocycles. The van der Waals surface area contributed by atoms with Crippen LogP contribution in [0.4, 0.5) is 0 Å². The SMILES string of the molecule is CN(Cc1ccc(Br)o1)C(=O)C(c1ccccc1)N1CCS(=O)(=O)CC1. The zero-order chi connectivity index (χ0) is 18.7. The number of halogens is 1. The second-order valence-corrected chi connectivity index (χ2v) is 9.49. The molecule has 1 atom stereocenters. The summed E-state index contributed by atoms with van der Waals surface area (Å²) >= 11 is 3.26. The van der Waals surface area contributed by atoms with Crippen LogP contribution in [0.3, 0.4) is 0 Å². The van der Waals surface area contributed by atoms with E-state index in [1.165, 1.54) is 0 Å². The van der Waals surface area contributed by atoms with Crippen molar-refractivity contribution in [1.82, 2.24) is 9.80 Å². The highest BCUT2D eigenvalue weighted by Gasteiger charge is 2.34. The average Bonchev–Trinajstić information content (AvgIpc) is 3.02. The first-order chi connectivity index (χ1) is 12.4. The molecule has 8 heteroatoms. The Labute approximate surface area is 161 Å². The predicted octanol–water partition coefficient (Wildman–Crippen LogP) is 2.47. The first kappa shape index (κ1) is 19.1. The van der Waals surface area contributed by atoms with E-state index in [0.717, 1.165) is 5.56 Å². The normalized spacial score (nSPS) is 18.4. The van der Waals surface area contributed by atoms with E-state index in [1.807, 2.05) is 41.3 Å². The number of furan rings is 1. The molecule has 0 spiro atoms. The first-order valence-electron chi connectivity index (χ1n) is 8.34. The maximum absolute atomic E-state index is 13.2. The highest BCUT2D eigenvalue weighted by molar-refractivity contribution is 9.10. The number of likely N-dealkylation sites (N-methyl/N-ethyl adjacent to an activating group) is 1. The number of hydrogen-bond donors (Lipinski definition) is 0. The molecule has 0 aliphatic carbocycles. The Bertz CT molecular complexity index is 852. The number of sulfone groups is 1. The Balaban J connectivity index is 1.81. The summed E-state index contributed by atoms with van der Waals surface area (Å²) < 4.78 is 29.6. The van der Waals surface area contributed by atoms with Crippen molar-refractivity contribution in [2.45, 2.75) is 12.6 Å². The minimum atomic E-state index is -3.01. The van der Waals surface area contributed by atoms with Gasteiger partial charge in [0.2, 0.25) is 5.91 Å². The van der Waals surface area contributed by atoms with E-state index >= 15 is 0 Å². The molecular weight excluding hydrogens is 420 g/mol. The number of nitrogens with zero attached hydrogens (tertiary/aromatic N) is 2. The van der Waals surface area contributed by atoms with Crippen LogP contribution in [-0.2, 0) is 21.2 Å². The number of amides is 1. The van der Waals surface area contributed by atoms with Gasteiger partial charge in [0.15, 0.2) is 14.5 Å². The van der Waals surface area contributed by atoms with E-state index in [4.69, 9.17) is 4.42 Å². The molecule has 0 N–H and O–H groups in total. The molecule has 1 fully saturated rings. The lowest BCUT2D eigenvalue weighted by Crippen LogP contribution is -2.47. The van der Waals surface area contributed by atoms with Crippen molar-refractivity contribution < 1.29 is 17.6 Å². The van der Waals surface area contributed by atoms with Gasteiger partial charge in [0.25, 0.3) is 0 Å². The highest BCUT2D eigenvalue weighted by Crippen LogP contribution is 2.26. The summed E-state index contributed by atoms with van der Waals surface area (Å²) in [6, 6.07) is 12.6. The molecule has 0 radical (unpaired) electrons. The third-order valence-corrected chi connectivity index (χ3v) is 6.53. The maximum Gasteiger partial charge on any atom is 0.244 e. The second kappa shape index (κ2) is 7.94. The molecule has 1 aliphatic rings. The Morgan fingerprint density at radius 3 is 2.42 bits per heavy atom. The van der Waals surface area contributed by atoms with Crippen molar-refractivity contribution in [2.24, 2.45) is 0 Å². The van der Waals surface area contributed by atoms with E-state index in [0.29, 0.717) is 30.1 Å². The molecule has 140 valence electrons. The minimum absolute atomic E-state index is 0.0805. The monoisotopic (exact) mass is 440 g/mol. The van der Waals surface area contributed by atoms with Gasteiger partial charge in [-0.3, -0.25) is 9.69 Å². The fourth-order valence-electron chi connectivity index (χ4n) is 3.09. The molecule has 1 aromatic heterocycles. The summed E-state index contributed by atoms with van der Waals surface area (Å²) in [5, 5.41) is 0. The largest absolute Gasteiger partial charge is 0.452 e. The second-order valence-electron chi connectivity index (χ2n) is 6.40. The molecule has 1 aromatic carbocycles. The molecular formula is C18H21BrN2O4S. The molecule has 3 rings (SSSR count). The molecule has 2 aromatic rings. The van der Waals surface area contributed by atoms with Crippen molar-refractivity contribution in [2.75, 3.05) is 31.6 Å². The summed E-state index contributed by atoms with van der Waals surface area (Å²) in [6.45, 7) is 1.06. The van der Waals surface area contributed by atoms with Crippen LogP contribution in [0, 0.1) is 0 Å². The Morgan fingerprint density at radius 2 is 1.85 bits per heavy atom. The fraction of sp³-hybridized carbons (Fsp3) is 0.389. The lowest BCUT2D eigenvalue weighted by atomic mass is 10.0. The molecule has 26 heavy (non-hydrogen) atoms. The van der Waals surface area contributed by atoms with E-state index in [1.54, 1.807) is 18.0 Å². The van der Waals surface area contributed by atoms with Gasteiger partial charge in [-0.15, -0.1) is 0 Å². The fourth-order valence-corrected chi connectivity index (χ4v) is 4.66. The molecule has 1 unspecified atom stereocenters. The third kappa shape index (κ3) is 4.55. The van der Waals surface area contributed by atoms with Gasteiger partial charge >= 0.3 is 0 Å². The van der Waals surface area contributed by atoms with Crippen LogP contribution in [-0.4, -0.2) is 55.8 Å². The molecule has 1 saturated heterocycles. The molecule has 0 saturated carbocycles. The average molecular weight is 441 g/mol. The van der Waals surface area contributed by atoms with Gasteiger partial charge in [-0.05, 0) is 33.6 Å². The van der Waals surface area contributed by atoms with E-state index < -0.39 is 15.9 Å². The zero-order valence-electron chi connectivity index (χ0n) is 14.5. The molecule has 2 heterocycles. The number of hydrogen-bond acceptors (Lipinski definition) is 5. The zero-order valence-corrected chi connectivity index (χ0v) is 16.9. The summed E-state index contributed by atoms with van der Waals surface area (Å²) in [5.74, 6) is 0.764. The third-order valence-electron chi connectivity index (χ3n) is 4.49. The summed E-state index contributed by atoms with van der Waals surface area (Å²) in [7, 11) is -1.28. The van der Waals surface area contributed by atoms with E-state index in [-0.39, 0.29) is 17.4 Å². The van der Waals surface area contributed by atoms with Crippen molar-refractivity contribution in [3.05, 3.63) is 58.5 Å². The summed E-state index contributed by atoms with van der Waals surface area (Å²) in [4.78, 5) is 16.8. The smallest absolute Gasteiger partial charge is 0.244 e. The Kier molecular flexibility index (Phi) is 5.84. The number of carbonyl (C=O) groups is 1. The van der Waals surface area contributed by atoms with Crippen molar-refractivity contribution in [3.8, 4) is 0 Å². The van der Waals surface area contributed by atoms with Gasteiger partial charge < -0.3 is 9.32 Å². The predicted molar refractivity (Wildman–Crippen MR) is 102 cm³/mol. The summed E-state index contributed by atoms with van der Waals surface area (Å²) in [6.07, 6.45) is 0. The number of benzene rings is 1. The van der Waals surface area contributed by atoms with E-state index in [2.05, 4.69) is 15.9 Å². The van der Waals surface area contributed by atoms with Crippen LogP contribution in [0.5, 0.6) is 0 Å². The van der Waals surface area contributed by atoms with Gasteiger partial charge in [-0.2, -0.15) is 0 Å². The van der Waals surface area contributed by atoms with Crippen molar-refractivity contribution in [1.29, 1.82) is 0 Å². The quantitative estimate of drug-likeness (QED) is 0.713. The lowest BCUT2D eigenvalue weighted by Gasteiger charge is -2.35. The van der Waals surface area contributed by atoms with Gasteiger partial charge in [0.1, 0.15) is 11.8 Å². The molecule has 6 nitrogen and oxygen atoms in total. The molecule has 0 bridgehead atoms. The Morgan fingerprint density at radius 1 is 1.19 bits per heavy atom. The van der Waals surface area contributed by atoms with Crippen LogP contribution >= 0.6 is 15.9 Å². The molecule has 1 amide bonds. The van der Waals surface area contributed by atoms with Crippen LogP contribution in [0.15, 0.2) is 51.6 Å². The highest BCUT2D eigenvalue weighted by atomic mass is 79.9. The van der Waals surface area contributed by atoms with Crippen LogP contribution in [0.2, 0.25) is 0 Å². The van der Waals surface area contributed by atoms with Crippen LogP contribution in [0.1, 0.15) is 17.4 Å². The van der Waals surface area contributed by atoms with Crippen molar-refractivity contribution in [3.63, 3.8) is 0 Å². The maximum atomic E-state index is 13.2. The van der Waals surface area contributed by atoms with Crippen LogP contribution < -0.4 is 0 Å². The lowest BCUT2D eigenvalue weighted by molar-refractivity contribution is -0.136. The topological polar surface area (TPSA) is 70.8 Å². The minimum Gasteiger partial charge on any atom is -0.452 e. The van der Waals surface area contributed by atoms with Gasteiger partial charge in [-0.1, -0.05) is 30.3 Å².